The highest BCUT2D eigenvalue weighted by molar-refractivity contribution is 5.39. The van der Waals surface area contributed by atoms with Crippen molar-refractivity contribution in [3.05, 3.63) is 35.5 Å². The van der Waals surface area contributed by atoms with E-state index in [-0.39, 0.29) is 6.10 Å². The molecule has 1 nitrogen and oxygen atoms in total. The molecule has 0 aromatic rings. The van der Waals surface area contributed by atoms with Gasteiger partial charge >= 0.3 is 0 Å². The Hall–Kier alpha value is -0.820. The molecule has 3 saturated carbocycles. The van der Waals surface area contributed by atoms with E-state index in [1.54, 1.807) is 5.57 Å². The maximum absolute atomic E-state index is 10.2. The van der Waals surface area contributed by atoms with Gasteiger partial charge in [-0.1, -0.05) is 76.5 Å². The van der Waals surface area contributed by atoms with Gasteiger partial charge < -0.3 is 5.11 Å². The van der Waals surface area contributed by atoms with Crippen molar-refractivity contribution in [2.24, 2.45) is 40.4 Å². The van der Waals surface area contributed by atoms with Gasteiger partial charge in [-0.3, -0.25) is 0 Å². The van der Waals surface area contributed by atoms with E-state index in [1.165, 1.54) is 44.1 Å². The number of hydrogen-bond donors (Lipinski definition) is 1. The predicted octanol–water partition coefficient (Wildman–Crippen LogP) is 7.08. The van der Waals surface area contributed by atoms with Crippen molar-refractivity contribution in [1.82, 2.24) is 0 Å². The zero-order chi connectivity index (χ0) is 20.1. The fourth-order valence-corrected chi connectivity index (χ4v) is 7.52. The standard InChI is InChI=1S/C27H42O/c1-6-18(2)7-8-19(3)23-11-12-24-22-10-9-20-17-21(28)13-15-26(20,4)25(22)14-16-27(23,24)5/h7-10,18-19,21,23-25,28H,6,11-17H2,1-5H3/b8-7+/t18-,19+,21+,23-,24-,25-,26+,27-/m1/s1. The van der Waals surface area contributed by atoms with Crippen LogP contribution in [0, 0.1) is 40.4 Å². The van der Waals surface area contributed by atoms with E-state index in [0.29, 0.717) is 22.7 Å². The Balaban J connectivity index is 1.59. The van der Waals surface area contributed by atoms with Gasteiger partial charge in [-0.15, -0.1) is 0 Å². The van der Waals surface area contributed by atoms with Gasteiger partial charge in [0.15, 0.2) is 0 Å². The van der Waals surface area contributed by atoms with Crippen molar-refractivity contribution in [2.75, 3.05) is 0 Å². The summed E-state index contributed by atoms with van der Waals surface area (Å²) in [6.07, 6.45) is 19.6. The van der Waals surface area contributed by atoms with Gasteiger partial charge in [0, 0.05) is 0 Å². The zero-order valence-corrected chi connectivity index (χ0v) is 18.9. The minimum atomic E-state index is -0.114. The molecule has 0 heterocycles. The molecule has 8 atom stereocenters. The van der Waals surface area contributed by atoms with Crippen LogP contribution in [-0.2, 0) is 0 Å². The molecule has 1 N–H and O–H groups in total. The van der Waals surface area contributed by atoms with Gasteiger partial charge in [-0.2, -0.15) is 0 Å². The molecule has 156 valence electrons. The van der Waals surface area contributed by atoms with Gasteiger partial charge in [-0.05, 0) is 85.4 Å². The molecule has 28 heavy (non-hydrogen) atoms. The topological polar surface area (TPSA) is 20.2 Å². The lowest BCUT2D eigenvalue weighted by molar-refractivity contribution is 0.0382. The van der Waals surface area contributed by atoms with Crippen LogP contribution in [0.15, 0.2) is 35.5 Å². The summed E-state index contributed by atoms with van der Waals surface area (Å²) in [5, 5.41) is 10.2. The summed E-state index contributed by atoms with van der Waals surface area (Å²) in [7, 11) is 0. The molecular formula is C27H42O. The molecule has 0 radical (unpaired) electrons. The maximum atomic E-state index is 10.2. The monoisotopic (exact) mass is 382 g/mol. The normalized spacial score (nSPS) is 44.9. The molecule has 0 amide bonds. The molecule has 0 saturated heterocycles. The van der Waals surface area contributed by atoms with Crippen molar-refractivity contribution in [2.45, 2.75) is 92.1 Å². The SMILES string of the molecule is CC[C@@H](C)/C=C/[C@H](C)[C@H]1CC[C@@H]2C3=CC=C4C[C@@H](O)CC[C@]4(C)[C@@H]3CC[C@@]21C. The summed E-state index contributed by atoms with van der Waals surface area (Å²) in [6, 6.07) is 0. The van der Waals surface area contributed by atoms with Crippen molar-refractivity contribution in [1.29, 1.82) is 0 Å². The molecule has 1 heteroatoms. The van der Waals surface area contributed by atoms with Crippen LogP contribution >= 0.6 is 0 Å². The van der Waals surface area contributed by atoms with Crippen molar-refractivity contribution >= 4 is 0 Å². The number of fused-ring (bicyclic) bond motifs is 5. The van der Waals surface area contributed by atoms with E-state index < -0.39 is 0 Å². The third kappa shape index (κ3) is 3.17. The second-order valence-electron chi connectivity index (χ2n) is 11.1. The average Bonchev–Trinajstić information content (AvgIpc) is 3.03. The average molecular weight is 383 g/mol. The Morgan fingerprint density at radius 3 is 2.57 bits per heavy atom. The molecule has 0 aromatic heterocycles. The van der Waals surface area contributed by atoms with Crippen LogP contribution < -0.4 is 0 Å². The third-order valence-electron chi connectivity index (χ3n) is 9.64. The first-order valence-corrected chi connectivity index (χ1v) is 12.1. The smallest absolute Gasteiger partial charge is 0.0578 e. The number of aliphatic hydroxyl groups is 1. The maximum Gasteiger partial charge on any atom is 0.0578 e. The summed E-state index contributed by atoms with van der Waals surface area (Å²) in [6.45, 7) is 12.2. The van der Waals surface area contributed by atoms with Gasteiger partial charge in [0.05, 0.1) is 6.10 Å². The number of rotatable bonds is 4. The lowest BCUT2D eigenvalue weighted by Gasteiger charge is -2.55. The first-order chi connectivity index (χ1) is 13.3. The minimum Gasteiger partial charge on any atom is -0.393 e. The van der Waals surface area contributed by atoms with Crippen LogP contribution in [0.3, 0.4) is 0 Å². The summed E-state index contributed by atoms with van der Waals surface area (Å²) in [5.41, 5.74) is 4.09. The molecule has 4 rings (SSSR count). The molecule has 0 aliphatic heterocycles. The molecule has 4 aliphatic rings. The second-order valence-corrected chi connectivity index (χ2v) is 11.1. The van der Waals surface area contributed by atoms with E-state index in [1.807, 2.05) is 0 Å². The van der Waals surface area contributed by atoms with Gasteiger partial charge in [0.2, 0.25) is 0 Å². The van der Waals surface area contributed by atoms with Gasteiger partial charge in [-0.25, -0.2) is 0 Å². The molecule has 4 aliphatic carbocycles. The fourth-order valence-electron chi connectivity index (χ4n) is 7.52. The number of hydrogen-bond acceptors (Lipinski definition) is 1. The Morgan fingerprint density at radius 1 is 1.04 bits per heavy atom. The van der Waals surface area contributed by atoms with Crippen LogP contribution in [0.25, 0.3) is 0 Å². The van der Waals surface area contributed by atoms with Gasteiger partial charge in [0.25, 0.3) is 0 Å². The molecular weight excluding hydrogens is 340 g/mol. The fraction of sp³-hybridized carbons (Fsp3) is 0.778. The van der Waals surface area contributed by atoms with Crippen LogP contribution in [0.2, 0.25) is 0 Å². The highest BCUT2D eigenvalue weighted by atomic mass is 16.3. The molecule has 0 spiro atoms. The van der Waals surface area contributed by atoms with Crippen molar-refractivity contribution in [3.63, 3.8) is 0 Å². The summed E-state index contributed by atoms with van der Waals surface area (Å²) in [5.74, 6) is 3.72. The van der Waals surface area contributed by atoms with Crippen molar-refractivity contribution < 1.29 is 5.11 Å². The van der Waals surface area contributed by atoms with E-state index in [2.05, 4.69) is 58.9 Å². The third-order valence-corrected chi connectivity index (χ3v) is 9.64. The highest BCUT2D eigenvalue weighted by Crippen LogP contribution is 2.65. The number of allylic oxidation sites excluding steroid dienone is 5. The lowest BCUT2D eigenvalue weighted by atomic mass is 9.50. The summed E-state index contributed by atoms with van der Waals surface area (Å²) < 4.78 is 0. The Labute approximate surface area is 173 Å². The zero-order valence-electron chi connectivity index (χ0n) is 18.9. The lowest BCUT2D eigenvalue weighted by Crippen LogP contribution is -2.46. The minimum absolute atomic E-state index is 0.114. The molecule has 3 fully saturated rings. The Kier molecular flexibility index (Phi) is 5.45. The van der Waals surface area contributed by atoms with Gasteiger partial charge in [0.1, 0.15) is 0 Å². The summed E-state index contributed by atoms with van der Waals surface area (Å²) >= 11 is 0. The van der Waals surface area contributed by atoms with Crippen LogP contribution in [-0.4, -0.2) is 11.2 Å². The van der Waals surface area contributed by atoms with Crippen molar-refractivity contribution in [3.8, 4) is 0 Å². The van der Waals surface area contributed by atoms with Crippen LogP contribution in [0.4, 0.5) is 0 Å². The Morgan fingerprint density at radius 2 is 1.82 bits per heavy atom. The van der Waals surface area contributed by atoms with E-state index in [9.17, 15) is 5.11 Å². The Bertz CT molecular complexity index is 684. The van der Waals surface area contributed by atoms with E-state index in [0.717, 1.165) is 30.6 Å². The van der Waals surface area contributed by atoms with E-state index >= 15 is 0 Å². The van der Waals surface area contributed by atoms with E-state index in [4.69, 9.17) is 0 Å². The molecule has 0 aromatic carbocycles. The van der Waals surface area contributed by atoms with Crippen LogP contribution in [0.1, 0.15) is 86.0 Å². The predicted molar refractivity (Wildman–Crippen MR) is 119 cm³/mol. The molecule has 0 unspecified atom stereocenters. The number of aliphatic hydroxyl groups excluding tert-OH is 1. The largest absolute Gasteiger partial charge is 0.393 e. The second kappa shape index (κ2) is 7.46. The summed E-state index contributed by atoms with van der Waals surface area (Å²) in [4.78, 5) is 0. The quantitative estimate of drug-likeness (QED) is 0.515. The van der Waals surface area contributed by atoms with Crippen LogP contribution in [0.5, 0.6) is 0 Å². The highest BCUT2D eigenvalue weighted by Gasteiger charge is 2.56. The first-order valence-electron chi connectivity index (χ1n) is 12.1. The first kappa shape index (κ1) is 20.5. The molecule has 0 bridgehead atoms.